The highest BCUT2D eigenvalue weighted by molar-refractivity contribution is 6.68. The number of nitrogens with zero attached hydrogens (tertiary/aromatic N) is 3. The van der Waals surface area contributed by atoms with Gasteiger partial charge in [0, 0.05) is 14.1 Å². The summed E-state index contributed by atoms with van der Waals surface area (Å²) in [7, 11) is 3.82. The topological polar surface area (TPSA) is 40.0 Å². The fourth-order valence-electron chi connectivity index (χ4n) is 0.779. The van der Waals surface area contributed by atoms with Gasteiger partial charge in [0.2, 0.25) is 0 Å². The van der Waals surface area contributed by atoms with Gasteiger partial charge in [0.05, 0.1) is 6.34 Å². The van der Waals surface area contributed by atoms with Gasteiger partial charge in [0.25, 0.3) is 0 Å². The lowest BCUT2D eigenvalue weighted by atomic mass is 10.2. The number of rotatable bonds is 2. The summed E-state index contributed by atoms with van der Waals surface area (Å²) >= 11 is 5.65. The van der Waals surface area contributed by atoms with E-state index in [4.69, 9.17) is 11.6 Å². The maximum absolute atomic E-state index is 5.65. The fourth-order valence-corrected chi connectivity index (χ4v) is 0.885. The summed E-state index contributed by atoms with van der Waals surface area (Å²) < 4.78 is 0. The van der Waals surface area contributed by atoms with Gasteiger partial charge in [-0.15, -0.1) is 0 Å². The summed E-state index contributed by atoms with van der Waals surface area (Å²) in [6.45, 7) is 1.91. The molecule has 1 atom stereocenters. The Labute approximate surface area is 83.0 Å². The Hall–Kier alpha value is -1.03. The minimum absolute atomic E-state index is 0.442. The lowest BCUT2D eigenvalue weighted by Gasteiger charge is -2.23. The maximum Gasteiger partial charge on any atom is 0.162 e. The highest BCUT2D eigenvalue weighted by atomic mass is 35.5. The molecule has 1 rings (SSSR count). The van der Waals surface area contributed by atoms with Crippen LogP contribution in [0.25, 0.3) is 0 Å². The Morgan fingerprint density at radius 2 is 2.38 bits per heavy atom. The van der Waals surface area contributed by atoms with Crippen LogP contribution in [0.1, 0.15) is 6.92 Å². The van der Waals surface area contributed by atoms with E-state index in [0.717, 1.165) is 0 Å². The summed E-state index contributed by atoms with van der Waals surface area (Å²) in [5.74, 6) is 0. The summed E-state index contributed by atoms with van der Waals surface area (Å²) in [5, 5.41) is 4.32. The smallest absolute Gasteiger partial charge is 0.162 e. The fraction of sp³-hybridized carbons (Fsp3) is 0.500. The Balaban J connectivity index is 2.65. The monoisotopic (exact) mass is 200 g/mol. The van der Waals surface area contributed by atoms with E-state index in [9.17, 15) is 0 Å². The van der Waals surface area contributed by atoms with Crippen molar-refractivity contribution >= 4 is 23.1 Å². The van der Waals surface area contributed by atoms with Crippen molar-refractivity contribution in [3.8, 4) is 0 Å². The largest absolute Gasteiger partial charge is 0.369 e. The third kappa shape index (κ3) is 3.06. The standard InChI is InChI=1S/C8H13ClN4/c1-8(10-6-13(2)3)5-4-7(9)11-12-8/h4-6,12H,1-3H3/b10-6-. The first-order valence-corrected chi connectivity index (χ1v) is 4.31. The van der Waals surface area contributed by atoms with Crippen molar-refractivity contribution < 1.29 is 0 Å². The summed E-state index contributed by atoms with van der Waals surface area (Å²) in [4.78, 5) is 6.15. The maximum atomic E-state index is 5.65. The van der Waals surface area contributed by atoms with E-state index >= 15 is 0 Å². The number of nitrogens with one attached hydrogen (secondary N) is 1. The van der Waals surface area contributed by atoms with E-state index in [2.05, 4.69) is 15.5 Å². The molecule has 0 bridgehead atoms. The van der Waals surface area contributed by atoms with Gasteiger partial charge in [-0.05, 0) is 19.1 Å². The van der Waals surface area contributed by atoms with Crippen LogP contribution in [0.5, 0.6) is 0 Å². The van der Waals surface area contributed by atoms with Crippen molar-refractivity contribution in [2.75, 3.05) is 14.1 Å². The van der Waals surface area contributed by atoms with E-state index in [1.807, 2.05) is 32.0 Å². The van der Waals surface area contributed by atoms with Crippen molar-refractivity contribution in [2.45, 2.75) is 12.6 Å². The predicted octanol–water partition coefficient (Wildman–Crippen LogP) is 1.00. The van der Waals surface area contributed by atoms with Crippen LogP contribution in [0.2, 0.25) is 0 Å². The molecule has 1 aliphatic rings. The second kappa shape index (κ2) is 3.79. The second-order valence-electron chi connectivity index (χ2n) is 3.24. The van der Waals surface area contributed by atoms with Crippen molar-refractivity contribution in [3.63, 3.8) is 0 Å². The molecule has 0 spiro atoms. The van der Waals surface area contributed by atoms with Crippen LogP contribution in [0, 0.1) is 0 Å². The molecule has 1 aliphatic heterocycles. The number of halogens is 1. The Morgan fingerprint density at radius 1 is 1.69 bits per heavy atom. The first-order valence-electron chi connectivity index (χ1n) is 3.93. The molecule has 0 radical (unpaired) electrons. The second-order valence-corrected chi connectivity index (χ2v) is 3.62. The lowest BCUT2D eigenvalue weighted by molar-refractivity contribution is 0.462. The number of aliphatic imine (C=N–C) groups is 1. The van der Waals surface area contributed by atoms with Crippen molar-refractivity contribution in [1.29, 1.82) is 0 Å². The van der Waals surface area contributed by atoms with Crippen LogP contribution >= 0.6 is 11.6 Å². The zero-order valence-electron chi connectivity index (χ0n) is 7.95. The Kier molecular flexibility index (Phi) is 2.93. The summed E-state index contributed by atoms with van der Waals surface area (Å²) in [6, 6.07) is 0. The number of allylic oxidation sites excluding steroid dienone is 1. The predicted molar refractivity (Wildman–Crippen MR) is 56.1 cm³/mol. The first-order chi connectivity index (χ1) is 6.02. The number of hydrogen-bond acceptors (Lipinski definition) is 3. The Morgan fingerprint density at radius 3 is 2.85 bits per heavy atom. The molecule has 0 saturated heterocycles. The molecule has 13 heavy (non-hydrogen) atoms. The minimum Gasteiger partial charge on any atom is -0.369 e. The minimum atomic E-state index is -0.483. The molecular formula is C8H13ClN4. The van der Waals surface area contributed by atoms with Crippen LogP contribution in [-0.2, 0) is 0 Å². The van der Waals surface area contributed by atoms with Gasteiger partial charge < -0.3 is 4.90 Å². The number of hydrazone groups is 1. The molecule has 4 nitrogen and oxygen atoms in total. The van der Waals surface area contributed by atoms with Gasteiger partial charge in [0.15, 0.2) is 5.66 Å². The van der Waals surface area contributed by atoms with Crippen molar-refractivity contribution in [3.05, 3.63) is 12.2 Å². The zero-order valence-corrected chi connectivity index (χ0v) is 8.71. The van der Waals surface area contributed by atoms with Gasteiger partial charge in [-0.2, -0.15) is 5.10 Å². The molecule has 0 aliphatic carbocycles. The average molecular weight is 201 g/mol. The quantitative estimate of drug-likeness (QED) is 0.534. The van der Waals surface area contributed by atoms with E-state index < -0.39 is 5.66 Å². The molecule has 0 aromatic rings. The van der Waals surface area contributed by atoms with Gasteiger partial charge in [-0.25, -0.2) is 4.99 Å². The normalized spacial score (nSPS) is 27.2. The molecule has 1 unspecified atom stereocenters. The first kappa shape index (κ1) is 10.1. The third-order valence-electron chi connectivity index (χ3n) is 1.49. The van der Waals surface area contributed by atoms with E-state index in [0.29, 0.717) is 5.17 Å². The summed E-state index contributed by atoms with van der Waals surface area (Å²) in [6.07, 6.45) is 5.32. The van der Waals surface area contributed by atoms with Crippen LogP contribution < -0.4 is 5.43 Å². The van der Waals surface area contributed by atoms with Crippen LogP contribution in [-0.4, -0.2) is 36.2 Å². The molecule has 1 heterocycles. The van der Waals surface area contributed by atoms with Gasteiger partial charge in [-0.1, -0.05) is 11.6 Å². The summed E-state index contributed by atoms with van der Waals surface area (Å²) in [5.41, 5.74) is 2.36. The molecule has 5 heteroatoms. The highest BCUT2D eigenvalue weighted by Gasteiger charge is 2.20. The van der Waals surface area contributed by atoms with E-state index in [-0.39, 0.29) is 0 Å². The van der Waals surface area contributed by atoms with Crippen molar-refractivity contribution in [2.24, 2.45) is 10.1 Å². The highest BCUT2D eigenvalue weighted by Crippen LogP contribution is 2.12. The SMILES string of the molecule is CN(C)/C=N\C1(C)C=CC(Cl)=NN1. The molecule has 0 fully saturated rings. The van der Waals surface area contributed by atoms with E-state index in [1.54, 1.807) is 12.4 Å². The van der Waals surface area contributed by atoms with Crippen LogP contribution in [0.15, 0.2) is 22.2 Å². The molecule has 72 valence electrons. The molecule has 0 amide bonds. The molecule has 0 saturated carbocycles. The third-order valence-corrected chi connectivity index (χ3v) is 1.70. The molecule has 1 N–H and O–H groups in total. The number of hydrogen-bond donors (Lipinski definition) is 1. The van der Waals surface area contributed by atoms with E-state index in [1.165, 1.54) is 0 Å². The zero-order chi connectivity index (χ0) is 9.90. The Bertz CT molecular complexity index is 269. The lowest BCUT2D eigenvalue weighted by Crippen LogP contribution is -2.38. The van der Waals surface area contributed by atoms with Gasteiger partial charge >= 0.3 is 0 Å². The molecule has 0 aromatic carbocycles. The average Bonchev–Trinajstić information content (AvgIpc) is 2.08. The molecular weight excluding hydrogens is 188 g/mol. The van der Waals surface area contributed by atoms with Crippen LogP contribution in [0.4, 0.5) is 0 Å². The van der Waals surface area contributed by atoms with Gasteiger partial charge in [0.1, 0.15) is 5.17 Å². The van der Waals surface area contributed by atoms with Gasteiger partial charge in [-0.3, -0.25) is 5.43 Å². The molecule has 0 aromatic heterocycles. The van der Waals surface area contributed by atoms with Crippen molar-refractivity contribution in [1.82, 2.24) is 10.3 Å². The van der Waals surface area contributed by atoms with Crippen LogP contribution in [0.3, 0.4) is 0 Å².